The second-order valence-electron chi connectivity index (χ2n) is 10.4. The van der Waals surface area contributed by atoms with Gasteiger partial charge in [-0.1, -0.05) is 26.8 Å². The van der Waals surface area contributed by atoms with Gasteiger partial charge in [0.2, 0.25) is 0 Å². The Morgan fingerprint density at radius 1 is 1.18 bits per heavy atom. The molecule has 1 aromatic carbocycles. The summed E-state index contributed by atoms with van der Waals surface area (Å²) in [5.41, 5.74) is -0.448. The van der Waals surface area contributed by atoms with E-state index in [0.717, 1.165) is 31.4 Å². The molecule has 1 saturated heterocycles. The van der Waals surface area contributed by atoms with Crippen molar-refractivity contribution >= 4 is 23.4 Å². The summed E-state index contributed by atoms with van der Waals surface area (Å²) in [5.74, 6) is -0.966. The average Bonchev–Trinajstić information content (AvgIpc) is 3.00. The van der Waals surface area contributed by atoms with Gasteiger partial charge >= 0.3 is 12.1 Å². The molecular formula is C25H28F3N3O3. The highest BCUT2D eigenvalue weighted by Gasteiger charge is 2.51. The van der Waals surface area contributed by atoms with Crippen LogP contribution in [0.1, 0.15) is 56.0 Å². The SMILES string of the molecule is CC1(C)C[C@H]2C[C@@](C)(CN2C(=O)COC(=O)c2cccnc2Nc2cccc(C(F)(F)F)c2)C1. The van der Waals surface area contributed by atoms with E-state index in [4.69, 9.17) is 4.74 Å². The summed E-state index contributed by atoms with van der Waals surface area (Å²) >= 11 is 0. The van der Waals surface area contributed by atoms with Crippen LogP contribution in [0.5, 0.6) is 0 Å². The first kappa shape index (κ1) is 24.0. The van der Waals surface area contributed by atoms with E-state index in [9.17, 15) is 22.8 Å². The number of hydrogen-bond donors (Lipinski definition) is 1. The number of rotatable bonds is 5. The lowest BCUT2D eigenvalue weighted by molar-refractivity contribution is -0.137. The van der Waals surface area contributed by atoms with Crippen LogP contribution in [0, 0.1) is 10.8 Å². The fourth-order valence-electron chi connectivity index (χ4n) is 5.62. The Balaban J connectivity index is 1.43. The molecular weight excluding hydrogens is 447 g/mol. The number of esters is 1. The van der Waals surface area contributed by atoms with Gasteiger partial charge in [-0.15, -0.1) is 0 Å². The fraction of sp³-hybridized carbons (Fsp3) is 0.480. The first-order chi connectivity index (χ1) is 15.9. The molecule has 0 unspecified atom stereocenters. The van der Waals surface area contributed by atoms with Gasteiger partial charge in [0.25, 0.3) is 5.91 Å². The molecule has 2 bridgehead atoms. The lowest BCUT2D eigenvalue weighted by Crippen LogP contribution is -2.39. The molecule has 6 nitrogen and oxygen atoms in total. The smallest absolute Gasteiger partial charge is 0.416 e. The van der Waals surface area contributed by atoms with Gasteiger partial charge in [-0.2, -0.15) is 13.2 Å². The van der Waals surface area contributed by atoms with Gasteiger partial charge in [0.15, 0.2) is 6.61 Å². The molecule has 2 heterocycles. The third-order valence-electron chi connectivity index (χ3n) is 6.54. The van der Waals surface area contributed by atoms with E-state index in [1.807, 2.05) is 4.90 Å². The number of nitrogens with one attached hydrogen (secondary N) is 1. The zero-order chi connectivity index (χ0) is 24.7. The third kappa shape index (κ3) is 5.18. The van der Waals surface area contributed by atoms with Crippen molar-refractivity contribution in [1.29, 1.82) is 0 Å². The number of ether oxygens (including phenoxy) is 1. The molecule has 4 rings (SSSR count). The monoisotopic (exact) mass is 475 g/mol. The maximum atomic E-state index is 13.0. The van der Waals surface area contributed by atoms with Crippen molar-refractivity contribution in [3.8, 4) is 0 Å². The second-order valence-corrected chi connectivity index (χ2v) is 10.4. The molecule has 2 atom stereocenters. The molecule has 1 aliphatic heterocycles. The molecule has 1 saturated carbocycles. The second kappa shape index (κ2) is 8.60. The van der Waals surface area contributed by atoms with E-state index in [-0.39, 0.29) is 39.8 Å². The Hall–Kier alpha value is -3.10. The summed E-state index contributed by atoms with van der Waals surface area (Å²) < 4.78 is 44.3. The number of likely N-dealkylation sites (tertiary alicyclic amines) is 1. The molecule has 9 heteroatoms. The number of alkyl halides is 3. The highest BCUT2D eigenvalue weighted by atomic mass is 19.4. The Labute approximate surface area is 196 Å². The van der Waals surface area contributed by atoms with Crippen molar-refractivity contribution in [3.05, 3.63) is 53.7 Å². The van der Waals surface area contributed by atoms with Gasteiger partial charge in [0.05, 0.1) is 5.56 Å². The Morgan fingerprint density at radius 2 is 1.94 bits per heavy atom. The van der Waals surface area contributed by atoms with Crippen LogP contribution >= 0.6 is 0 Å². The van der Waals surface area contributed by atoms with E-state index >= 15 is 0 Å². The summed E-state index contributed by atoms with van der Waals surface area (Å²) in [6.45, 7) is 6.87. The van der Waals surface area contributed by atoms with Crippen LogP contribution in [0.25, 0.3) is 0 Å². The van der Waals surface area contributed by atoms with Crippen molar-refractivity contribution in [2.75, 3.05) is 18.5 Å². The van der Waals surface area contributed by atoms with E-state index in [1.165, 1.54) is 30.5 Å². The topological polar surface area (TPSA) is 71.5 Å². The summed E-state index contributed by atoms with van der Waals surface area (Å²) in [6.07, 6.45) is -0.186. The van der Waals surface area contributed by atoms with E-state index in [0.29, 0.717) is 6.54 Å². The number of nitrogens with zero attached hydrogens (tertiary/aromatic N) is 2. The van der Waals surface area contributed by atoms with Gasteiger partial charge in [0, 0.05) is 24.5 Å². The van der Waals surface area contributed by atoms with Crippen LogP contribution in [0.3, 0.4) is 0 Å². The van der Waals surface area contributed by atoms with Crippen molar-refractivity contribution in [1.82, 2.24) is 9.88 Å². The predicted molar refractivity (Wildman–Crippen MR) is 120 cm³/mol. The molecule has 0 spiro atoms. The fourth-order valence-corrected chi connectivity index (χ4v) is 5.62. The van der Waals surface area contributed by atoms with E-state index in [1.54, 1.807) is 0 Å². The van der Waals surface area contributed by atoms with Crippen LogP contribution in [0.4, 0.5) is 24.7 Å². The number of carbonyl (C=O) groups excluding carboxylic acids is 2. The average molecular weight is 476 g/mol. The quantitative estimate of drug-likeness (QED) is 0.584. The number of benzene rings is 1. The minimum Gasteiger partial charge on any atom is -0.452 e. The maximum Gasteiger partial charge on any atom is 0.416 e. The molecule has 182 valence electrons. The largest absolute Gasteiger partial charge is 0.452 e. The molecule has 1 aliphatic carbocycles. The van der Waals surface area contributed by atoms with Crippen LogP contribution < -0.4 is 5.32 Å². The highest BCUT2D eigenvalue weighted by molar-refractivity contribution is 5.96. The van der Waals surface area contributed by atoms with E-state index in [2.05, 4.69) is 31.1 Å². The number of pyridine rings is 1. The molecule has 2 fully saturated rings. The first-order valence-electron chi connectivity index (χ1n) is 11.2. The summed E-state index contributed by atoms with van der Waals surface area (Å²) in [5, 5.41) is 2.75. The van der Waals surface area contributed by atoms with Gasteiger partial charge in [-0.05, 0) is 60.4 Å². The molecule has 1 amide bonds. The predicted octanol–water partition coefficient (Wildman–Crippen LogP) is 5.43. The van der Waals surface area contributed by atoms with Gasteiger partial charge < -0.3 is 15.0 Å². The lowest BCUT2D eigenvalue weighted by Gasteiger charge is -2.39. The standard InChI is InChI=1S/C25H28F3N3O3/c1-23(2)11-18-12-24(3,14-23)15-31(18)20(32)13-34-22(33)19-8-5-9-29-21(19)30-17-7-4-6-16(10-17)25(26,27)28/h4-10,18H,11-15H2,1-3H3,(H,29,30)/t18-,24+/m0/s1. The maximum absolute atomic E-state index is 13.0. The molecule has 0 radical (unpaired) electrons. The summed E-state index contributed by atoms with van der Waals surface area (Å²) in [4.78, 5) is 31.5. The van der Waals surface area contributed by atoms with Gasteiger partial charge in [0.1, 0.15) is 11.4 Å². The Morgan fingerprint density at radius 3 is 2.68 bits per heavy atom. The van der Waals surface area contributed by atoms with Crippen LogP contribution in [-0.2, 0) is 15.7 Å². The molecule has 2 aliphatic rings. The van der Waals surface area contributed by atoms with Crippen LogP contribution in [0.15, 0.2) is 42.6 Å². The number of fused-ring (bicyclic) bond motifs is 2. The number of halogens is 3. The number of anilines is 2. The Kier molecular flexibility index (Phi) is 6.08. The Bertz CT molecular complexity index is 1100. The number of amides is 1. The normalized spacial score (nSPS) is 23.5. The summed E-state index contributed by atoms with van der Waals surface area (Å²) in [7, 11) is 0. The van der Waals surface area contributed by atoms with Crippen molar-refractivity contribution in [2.24, 2.45) is 10.8 Å². The van der Waals surface area contributed by atoms with Gasteiger partial charge in [-0.25, -0.2) is 9.78 Å². The number of carbonyl (C=O) groups is 2. The number of aromatic nitrogens is 1. The molecule has 1 N–H and O–H groups in total. The van der Waals surface area contributed by atoms with Crippen LogP contribution in [-0.4, -0.2) is 41.0 Å². The van der Waals surface area contributed by atoms with Crippen molar-refractivity contribution in [3.63, 3.8) is 0 Å². The molecule has 2 aromatic rings. The van der Waals surface area contributed by atoms with Crippen LogP contribution in [0.2, 0.25) is 0 Å². The number of hydrogen-bond acceptors (Lipinski definition) is 5. The minimum absolute atomic E-state index is 0.0287. The third-order valence-corrected chi connectivity index (χ3v) is 6.54. The lowest BCUT2D eigenvalue weighted by atomic mass is 9.65. The molecule has 1 aromatic heterocycles. The zero-order valence-corrected chi connectivity index (χ0v) is 19.4. The zero-order valence-electron chi connectivity index (χ0n) is 19.4. The van der Waals surface area contributed by atoms with Gasteiger partial charge in [-0.3, -0.25) is 4.79 Å². The molecule has 34 heavy (non-hydrogen) atoms. The van der Waals surface area contributed by atoms with Crippen molar-refractivity contribution in [2.45, 2.75) is 52.3 Å². The van der Waals surface area contributed by atoms with E-state index < -0.39 is 24.3 Å². The summed E-state index contributed by atoms with van der Waals surface area (Å²) in [6, 6.07) is 7.69. The first-order valence-corrected chi connectivity index (χ1v) is 11.2. The van der Waals surface area contributed by atoms with Crippen molar-refractivity contribution < 1.29 is 27.5 Å². The minimum atomic E-state index is -4.50. The highest BCUT2D eigenvalue weighted by Crippen LogP contribution is 2.52.